The van der Waals surface area contributed by atoms with E-state index in [2.05, 4.69) is 4.72 Å². The van der Waals surface area contributed by atoms with Crippen molar-refractivity contribution in [2.24, 2.45) is 0 Å². The number of hydrogen-bond donors (Lipinski definition) is 2. The van der Waals surface area contributed by atoms with Gasteiger partial charge in [-0.2, -0.15) is 0 Å². The van der Waals surface area contributed by atoms with E-state index in [-0.39, 0.29) is 9.92 Å². The summed E-state index contributed by atoms with van der Waals surface area (Å²) >= 11 is 11.7. The van der Waals surface area contributed by atoms with E-state index >= 15 is 0 Å². The lowest BCUT2D eigenvalue weighted by Crippen LogP contribution is -2.14. The first-order chi connectivity index (χ1) is 9.29. The molecule has 0 radical (unpaired) electrons. The number of anilines is 2. The molecule has 0 aliphatic heterocycles. The number of nitrogens with two attached hydrogens (primary N) is 1. The molecule has 3 N–H and O–H groups in total. The van der Waals surface area contributed by atoms with Crippen LogP contribution in [0.15, 0.2) is 41.3 Å². The van der Waals surface area contributed by atoms with Crippen molar-refractivity contribution < 1.29 is 8.42 Å². The molecule has 0 amide bonds. The number of hydrogen-bond acceptors (Lipinski definition) is 3. The number of rotatable bonds is 3. The monoisotopic (exact) mass is 330 g/mol. The number of sulfonamides is 1. The molecular formula is C13H12Cl2N2O2S. The van der Waals surface area contributed by atoms with Crippen molar-refractivity contribution in [1.82, 2.24) is 0 Å². The van der Waals surface area contributed by atoms with Gasteiger partial charge >= 0.3 is 0 Å². The Kier molecular flexibility index (Phi) is 4.13. The molecule has 2 aromatic rings. The highest BCUT2D eigenvalue weighted by atomic mass is 35.5. The van der Waals surface area contributed by atoms with Gasteiger partial charge in [0, 0.05) is 10.7 Å². The number of nitrogen functional groups attached to an aromatic ring is 1. The Labute approximate surface area is 127 Å². The molecule has 0 aromatic heterocycles. The number of benzene rings is 2. The van der Waals surface area contributed by atoms with E-state index in [1.807, 2.05) is 0 Å². The molecule has 2 rings (SSSR count). The normalized spacial score (nSPS) is 11.3. The first kappa shape index (κ1) is 15.0. The van der Waals surface area contributed by atoms with Gasteiger partial charge in [0.1, 0.15) is 4.90 Å². The second-order valence-electron chi connectivity index (χ2n) is 4.25. The molecule has 0 aliphatic rings. The minimum atomic E-state index is -3.83. The first-order valence-electron chi connectivity index (χ1n) is 5.63. The summed E-state index contributed by atoms with van der Waals surface area (Å²) in [4.78, 5) is -0.0755. The molecule has 0 spiro atoms. The minimum absolute atomic E-state index is 0.0755. The quantitative estimate of drug-likeness (QED) is 0.843. The van der Waals surface area contributed by atoms with Crippen LogP contribution in [0.4, 0.5) is 11.4 Å². The Morgan fingerprint density at radius 2 is 1.80 bits per heavy atom. The van der Waals surface area contributed by atoms with Crippen LogP contribution in [0.2, 0.25) is 10.0 Å². The number of aryl methyl sites for hydroxylation is 1. The van der Waals surface area contributed by atoms with E-state index < -0.39 is 10.0 Å². The number of nitrogens with one attached hydrogen (secondary N) is 1. The predicted octanol–water partition coefficient (Wildman–Crippen LogP) is 3.68. The maximum atomic E-state index is 12.3. The average molecular weight is 331 g/mol. The summed E-state index contributed by atoms with van der Waals surface area (Å²) in [7, 11) is -3.83. The van der Waals surface area contributed by atoms with Crippen LogP contribution in [-0.4, -0.2) is 8.42 Å². The van der Waals surface area contributed by atoms with Crippen molar-refractivity contribution in [3.05, 3.63) is 52.0 Å². The summed E-state index contributed by atoms with van der Waals surface area (Å²) in [5.41, 5.74) is 7.28. The van der Waals surface area contributed by atoms with Crippen molar-refractivity contribution in [3.8, 4) is 0 Å². The Morgan fingerprint density at radius 1 is 1.10 bits per heavy atom. The zero-order chi connectivity index (χ0) is 14.9. The van der Waals surface area contributed by atoms with Crippen LogP contribution >= 0.6 is 23.2 Å². The topological polar surface area (TPSA) is 72.2 Å². The van der Waals surface area contributed by atoms with Crippen molar-refractivity contribution in [3.63, 3.8) is 0 Å². The van der Waals surface area contributed by atoms with E-state index in [1.165, 1.54) is 18.2 Å². The van der Waals surface area contributed by atoms with Crippen molar-refractivity contribution in [2.45, 2.75) is 11.8 Å². The summed E-state index contributed by atoms with van der Waals surface area (Å²) in [5.74, 6) is 0. The van der Waals surface area contributed by atoms with Crippen LogP contribution in [-0.2, 0) is 10.0 Å². The molecule has 0 fully saturated rings. The van der Waals surface area contributed by atoms with Gasteiger partial charge in [0.15, 0.2) is 0 Å². The summed E-state index contributed by atoms with van der Waals surface area (Å²) in [5, 5.41) is 0.391. The largest absolute Gasteiger partial charge is 0.399 e. The molecule has 0 saturated carbocycles. The van der Waals surface area contributed by atoms with E-state index in [0.29, 0.717) is 16.4 Å². The minimum Gasteiger partial charge on any atom is -0.399 e. The van der Waals surface area contributed by atoms with Crippen LogP contribution < -0.4 is 10.5 Å². The molecule has 4 nitrogen and oxygen atoms in total. The SMILES string of the molecule is Cc1ccc(N)cc1NS(=O)(=O)c1cc(Cl)ccc1Cl. The summed E-state index contributed by atoms with van der Waals surface area (Å²) < 4.78 is 27.1. The van der Waals surface area contributed by atoms with Crippen LogP contribution in [0, 0.1) is 6.92 Å². The molecule has 0 aliphatic carbocycles. The molecule has 0 saturated heterocycles. The lowest BCUT2D eigenvalue weighted by Gasteiger charge is -2.12. The molecule has 106 valence electrons. The highest BCUT2D eigenvalue weighted by Crippen LogP contribution is 2.28. The molecule has 20 heavy (non-hydrogen) atoms. The molecule has 0 atom stereocenters. The van der Waals surface area contributed by atoms with Crippen molar-refractivity contribution >= 4 is 44.6 Å². The van der Waals surface area contributed by atoms with Crippen molar-refractivity contribution in [1.29, 1.82) is 0 Å². The van der Waals surface area contributed by atoms with Crippen LogP contribution in [0.1, 0.15) is 5.56 Å². The van der Waals surface area contributed by atoms with Gasteiger partial charge < -0.3 is 5.73 Å². The Bertz CT molecular complexity index is 761. The lowest BCUT2D eigenvalue weighted by molar-refractivity contribution is 0.601. The van der Waals surface area contributed by atoms with Gasteiger partial charge in [-0.1, -0.05) is 29.3 Å². The lowest BCUT2D eigenvalue weighted by atomic mass is 10.2. The second-order valence-corrected chi connectivity index (χ2v) is 6.75. The zero-order valence-corrected chi connectivity index (χ0v) is 12.9. The Balaban J connectivity index is 2.46. The standard InChI is InChI=1S/C13H12Cl2N2O2S/c1-8-2-4-10(16)7-12(8)17-20(18,19)13-6-9(14)3-5-11(13)15/h2-7,17H,16H2,1H3. The molecule has 0 unspecified atom stereocenters. The maximum absolute atomic E-state index is 12.3. The molecule has 2 aromatic carbocycles. The first-order valence-corrected chi connectivity index (χ1v) is 7.87. The van der Waals surface area contributed by atoms with Gasteiger partial charge in [0.2, 0.25) is 0 Å². The van der Waals surface area contributed by atoms with Gasteiger partial charge in [0.05, 0.1) is 10.7 Å². The number of halogens is 2. The summed E-state index contributed by atoms with van der Waals surface area (Å²) in [6, 6.07) is 9.23. The van der Waals surface area contributed by atoms with E-state index in [4.69, 9.17) is 28.9 Å². The Morgan fingerprint density at radius 3 is 2.50 bits per heavy atom. The van der Waals surface area contributed by atoms with Gasteiger partial charge in [-0.15, -0.1) is 0 Å². The van der Waals surface area contributed by atoms with E-state index in [0.717, 1.165) is 5.56 Å². The smallest absolute Gasteiger partial charge is 0.263 e. The fourth-order valence-electron chi connectivity index (χ4n) is 1.63. The molecule has 0 heterocycles. The zero-order valence-electron chi connectivity index (χ0n) is 10.5. The third-order valence-corrected chi connectivity index (χ3v) is 4.77. The highest BCUT2D eigenvalue weighted by Gasteiger charge is 2.19. The molecular weight excluding hydrogens is 319 g/mol. The average Bonchev–Trinajstić information content (AvgIpc) is 2.36. The third-order valence-electron chi connectivity index (χ3n) is 2.69. The van der Waals surface area contributed by atoms with Gasteiger partial charge in [-0.05, 0) is 42.8 Å². The predicted molar refractivity (Wildman–Crippen MR) is 82.9 cm³/mol. The fraction of sp³-hybridized carbons (Fsp3) is 0.0769. The van der Waals surface area contributed by atoms with Gasteiger partial charge in [0.25, 0.3) is 10.0 Å². The van der Waals surface area contributed by atoms with Crippen LogP contribution in [0.25, 0.3) is 0 Å². The van der Waals surface area contributed by atoms with E-state index in [9.17, 15) is 8.42 Å². The Hall–Kier alpha value is -1.43. The highest BCUT2D eigenvalue weighted by molar-refractivity contribution is 7.92. The summed E-state index contributed by atoms with van der Waals surface area (Å²) in [6.45, 7) is 1.77. The van der Waals surface area contributed by atoms with Crippen molar-refractivity contribution in [2.75, 3.05) is 10.5 Å². The third kappa shape index (κ3) is 3.17. The van der Waals surface area contributed by atoms with E-state index in [1.54, 1.807) is 25.1 Å². The second kappa shape index (κ2) is 5.52. The van der Waals surface area contributed by atoms with Gasteiger partial charge in [-0.3, -0.25) is 4.72 Å². The summed E-state index contributed by atoms with van der Waals surface area (Å²) in [6.07, 6.45) is 0. The molecule has 0 bridgehead atoms. The van der Waals surface area contributed by atoms with Crippen LogP contribution in [0.3, 0.4) is 0 Å². The molecule has 7 heteroatoms. The van der Waals surface area contributed by atoms with Crippen LogP contribution in [0.5, 0.6) is 0 Å². The fourth-order valence-corrected chi connectivity index (χ4v) is 3.52. The maximum Gasteiger partial charge on any atom is 0.263 e. The van der Waals surface area contributed by atoms with Gasteiger partial charge in [-0.25, -0.2) is 8.42 Å².